The molecule has 3 rings (SSSR count). The van der Waals surface area contributed by atoms with Crippen LogP contribution in [0.5, 0.6) is 5.88 Å². The monoisotopic (exact) mass is 358 g/mol. The highest BCUT2D eigenvalue weighted by atomic mass is 35.5. The molecule has 2 aromatic rings. The van der Waals surface area contributed by atoms with Crippen molar-refractivity contribution < 1.29 is 4.74 Å². The van der Waals surface area contributed by atoms with Crippen LogP contribution in [0.3, 0.4) is 0 Å². The summed E-state index contributed by atoms with van der Waals surface area (Å²) >= 11 is 6.14. The van der Waals surface area contributed by atoms with Crippen LogP contribution < -0.4 is 15.4 Å². The number of rotatable bonds is 6. The van der Waals surface area contributed by atoms with E-state index in [0.717, 1.165) is 23.1 Å². The van der Waals surface area contributed by atoms with Gasteiger partial charge < -0.3 is 15.4 Å². The molecule has 1 aromatic carbocycles. The molecule has 0 unspecified atom stereocenters. The van der Waals surface area contributed by atoms with Gasteiger partial charge in [-0.1, -0.05) is 23.7 Å². The van der Waals surface area contributed by atoms with Gasteiger partial charge in [-0.15, -0.1) is 0 Å². The third kappa shape index (κ3) is 4.42. The summed E-state index contributed by atoms with van der Waals surface area (Å²) in [6, 6.07) is 12.0. The van der Waals surface area contributed by atoms with E-state index < -0.39 is 0 Å². The maximum atomic E-state index is 6.14. The first-order chi connectivity index (χ1) is 12.1. The summed E-state index contributed by atoms with van der Waals surface area (Å²) in [5.41, 5.74) is 2.55. The number of benzene rings is 1. The lowest BCUT2D eigenvalue weighted by Crippen LogP contribution is -2.40. The van der Waals surface area contributed by atoms with Crippen LogP contribution in [0.25, 0.3) is 0 Å². The SMILES string of the molecule is CN=C(NCc1ccnc(OC)c1)NCC1(c2cccc(Cl)c2)CC1. The van der Waals surface area contributed by atoms with Gasteiger partial charge in [0.15, 0.2) is 5.96 Å². The summed E-state index contributed by atoms with van der Waals surface area (Å²) in [5, 5.41) is 7.56. The zero-order valence-electron chi connectivity index (χ0n) is 14.6. The van der Waals surface area contributed by atoms with Gasteiger partial charge in [0.2, 0.25) is 5.88 Å². The van der Waals surface area contributed by atoms with E-state index in [1.165, 1.54) is 18.4 Å². The molecular formula is C19H23ClN4O. The molecule has 2 N–H and O–H groups in total. The Bertz CT molecular complexity index is 759. The third-order valence-electron chi connectivity index (χ3n) is 4.58. The first-order valence-corrected chi connectivity index (χ1v) is 8.72. The predicted octanol–water partition coefficient (Wildman–Crippen LogP) is 3.14. The van der Waals surface area contributed by atoms with Crippen molar-refractivity contribution in [2.24, 2.45) is 4.99 Å². The zero-order valence-corrected chi connectivity index (χ0v) is 15.3. The van der Waals surface area contributed by atoms with Gasteiger partial charge in [0.05, 0.1) is 7.11 Å². The molecule has 0 radical (unpaired) electrons. The van der Waals surface area contributed by atoms with Crippen LogP contribution in [0.15, 0.2) is 47.6 Å². The van der Waals surface area contributed by atoms with Crippen LogP contribution in [-0.4, -0.2) is 31.6 Å². The lowest BCUT2D eigenvalue weighted by Gasteiger charge is -2.19. The molecule has 0 saturated heterocycles. The lowest BCUT2D eigenvalue weighted by atomic mass is 9.96. The van der Waals surface area contributed by atoms with Crippen molar-refractivity contribution in [3.8, 4) is 5.88 Å². The quantitative estimate of drug-likeness (QED) is 0.615. The van der Waals surface area contributed by atoms with Crippen LogP contribution in [0.4, 0.5) is 0 Å². The fourth-order valence-electron chi connectivity index (χ4n) is 2.87. The Hall–Kier alpha value is -2.27. The predicted molar refractivity (Wildman–Crippen MR) is 101 cm³/mol. The molecule has 1 heterocycles. The first kappa shape index (κ1) is 17.5. The standard InChI is InChI=1S/C19H23ClN4O/c1-21-18(23-12-14-6-9-22-17(10-14)25-2)24-13-19(7-8-19)15-4-3-5-16(20)11-15/h3-6,9-11H,7-8,12-13H2,1-2H3,(H2,21,23,24). The highest BCUT2D eigenvalue weighted by Crippen LogP contribution is 2.48. The lowest BCUT2D eigenvalue weighted by molar-refractivity contribution is 0.397. The van der Waals surface area contributed by atoms with E-state index in [1.54, 1.807) is 20.4 Å². The fourth-order valence-corrected chi connectivity index (χ4v) is 3.06. The van der Waals surface area contributed by atoms with Crippen LogP contribution in [0, 0.1) is 0 Å². The zero-order chi connectivity index (χ0) is 17.7. The van der Waals surface area contributed by atoms with Gasteiger partial charge in [-0.25, -0.2) is 4.98 Å². The topological polar surface area (TPSA) is 58.5 Å². The molecule has 132 valence electrons. The summed E-state index contributed by atoms with van der Waals surface area (Å²) in [5.74, 6) is 1.39. The smallest absolute Gasteiger partial charge is 0.213 e. The summed E-state index contributed by atoms with van der Waals surface area (Å²) in [4.78, 5) is 8.43. The van der Waals surface area contributed by atoms with Crippen LogP contribution in [0.1, 0.15) is 24.0 Å². The minimum atomic E-state index is 0.169. The molecule has 25 heavy (non-hydrogen) atoms. The molecule has 1 aliphatic carbocycles. The number of pyridine rings is 1. The molecule has 0 aliphatic heterocycles. The molecule has 1 saturated carbocycles. The average Bonchev–Trinajstić information content (AvgIpc) is 3.43. The van der Waals surface area contributed by atoms with Crippen molar-refractivity contribution >= 4 is 17.6 Å². The van der Waals surface area contributed by atoms with Crippen molar-refractivity contribution in [3.05, 3.63) is 58.7 Å². The molecule has 1 aliphatic rings. The molecular weight excluding hydrogens is 336 g/mol. The van der Waals surface area contributed by atoms with Gasteiger partial charge >= 0.3 is 0 Å². The van der Waals surface area contributed by atoms with Gasteiger partial charge in [-0.2, -0.15) is 0 Å². The molecule has 1 fully saturated rings. The van der Waals surface area contributed by atoms with Crippen molar-refractivity contribution in [2.75, 3.05) is 20.7 Å². The largest absolute Gasteiger partial charge is 0.481 e. The summed E-state index contributed by atoms with van der Waals surface area (Å²) in [7, 11) is 3.40. The highest BCUT2D eigenvalue weighted by Gasteiger charge is 2.44. The van der Waals surface area contributed by atoms with Gasteiger partial charge in [0.1, 0.15) is 0 Å². The van der Waals surface area contributed by atoms with E-state index in [-0.39, 0.29) is 5.41 Å². The first-order valence-electron chi connectivity index (χ1n) is 8.35. The number of methoxy groups -OCH3 is 1. The van der Waals surface area contributed by atoms with E-state index in [2.05, 4.69) is 32.7 Å². The Morgan fingerprint density at radius 1 is 1.28 bits per heavy atom. The summed E-state index contributed by atoms with van der Waals surface area (Å²) < 4.78 is 5.15. The molecule has 6 heteroatoms. The fraction of sp³-hybridized carbons (Fsp3) is 0.368. The van der Waals surface area contributed by atoms with Crippen molar-refractivity contribution in [1.29, 1.82) is 0 Å². The highest BCUT2D eigenvalue weighted by molar-refractivity contribution is 6.30. The molecule has 5 nitrogen and oxygen atoms in total. The number of nitrogens with one attached hydrogen (secondary N) is 2. The van der Waals surface area contributed by atoms with Gasteiger partial charge in [0.25, 0.3) is 0 Å². The normalized spacial score (nSPS) is 15.6. The Morgan fingerprint density at radius 3 is 2.80 bits per heavy atom. The molecule has 0 atom stereocenters. The van der Waals surface area contributed by atoms with E-state index in [0.29, 0.717) is 12.4 Å². The van der Waals surface area contributed by atoms with Gasteiger partial charge in [-0.3, -0.25) is 4.99 Å². The average molecular weight is 359 g/mol. The van der Waals surface area contributed by atoms with E-state index in [9.17, 15) is 0 Å². The van der Waals surface area contributed by atoms with Gasteiger partial charge in [0, 0.05) is 42.8 Å². The number of guanidine groups is 1. The Kier molecular flexibility index (Phi) is 5.43. The van der Waals surface area contributed by atoms with Crippen LogP contribution in [-0.2, 0) is 12.0 Å². The minimum Gasteiger partial charge on any atom is -0.481 e. The maximum absolute atomic E-state index is 6.14. The van der Waals surface area contributed by atoms with E-state index in [4.69, 9.17) is 16.3 Å². The number of nitrogens with zero attached hydrogens (tertiary/aromatic N) is 2. The number of ether oxygens (including phenoxy) is 1. The second kappa shape index (κ2) is 7.74. The molecule has 0 bridgehead atoms. The second-order valence-corrected chi connectivity index (χ2v) is 6.71. The Morgan fingerprint density at radius 2 is 2.12 bits per heavy atom. The molecule has 0 spiro atoms. The number of halogens is 1. The summed E-state index contributed by atoms with van der Waals surface area (Å²) in [6.07, 6.45) is 4.07. The maximum Gasteiger partial charge on any atom is 0.213 e. The van der Waals surface area contributed by atoms with E-state index >= 15 is 0 Å². The Balaban J connectivity index is 1.56. The van der Waals surface area contributed by atoms with Crippen LogP contribution in [0.2, 0.25) is 5.02 Å². The Labute approximate surface area is 153 Å². The van der Waals surface area contributed by atoms with Crippen molar-refractivity contribution in [2.45, 2.75) is 24.8 Å². The van der Waals surface area contributed by atoms with E-state index in [1.807, 2.05) is 24.3 Å². The number of hydrogen-bond donors (Lipinski definition) is 2. The van der Waals surface area contributed by atoms with Crippen LogP contribution >= 0.6 is 11.6 Å². The van der Waals surface area contributed by atoms with Crippen molar-refractivity contribution in [1.82, 2.24) is 15.6 Å². The molecule has 0 amide bonds. The number of aliphatic imine (C=N–C) groups is 1. The van der Waals surface area contributed by atoms with Crippen molar-refractivity contribution in [3.63, 3.8) is 0 Å². The summed E-state index contributed by atoms with van der Waals surface area (Å²) in [6.45, 7) is 1.50. The molecule has 1 aromatic heterocycles. The number of aromatic nitrogens is 1. The third-order valence-corrected chi connectivity index (χ3v) is 4.81. The minimum absolute atomic E-state index is 0.169. The van der Waals surface area contributed by atoms with Gasteiger partial charge in [-0.05, 0) is 42.2 Å². The number of hydrogen-bond acceptors (Lipinski definition) is 3. The second-order valence-electron chi connectivity index (χ2n) is 6.28.